The maximum absolute atomic E-state index is 11.3. The van der Waals surface area contributed by atoms with Crippen molar-refractivity contribution < 1.29 is 14.4 Å². The number of nitrogens with one attached hydrogen (secondary N) is 1. The van der Waals surface area contributed by atoms with Gasteiger partial charge in [0.05, 0.1) is 18.1 Å². The van der Waals surface area contributed by atoms with Gasteiger partial charge in [0, 0.05) is 56.1 Å². The zero-order valence-electron chi connectivity index (χ0n) is 13.6. The monoisotopic (exact) mass is 365 g/mol. The highest BCUT2D eigenvalue weighted by atomic mass is 35.5. The second-order valence-corrected chi connectivity index (χ2v) is 6.66. The molecule has 0 atom stereocenters. The van der Waals surface area contributed by atoms with Gasteiger partial charge >= 0.3 is 0 Å². The Morgan fingerprint density at radius 1 is 1.32 bits per heavy atom. The van der Waals surface area contributed by atoms with E-state index < -0.39 is 5.91 Å². The van der Waals surface area contributed by atoms with Crippen molar-refractivity contribution in [2.45, 2.75) is 13.0 Å². The van der Waals surface area contributed by atoms with Crippen LogP contribution < -0.4 is 10.4 Å². The van der Waals surface area contributed by atoms with Gasteiger partial charge in [0.1, 0.15) is 0 Å². The summed E-state index contributed by atoms with van der Waals surface area (Å²) in [6.07, 6.45) is 7.50. The lowest BCUT2D eigenvalue weighted by Gasteiger charge is -2.48. The first kappa shape index (κ1) is 17.7. The fourth-order valence-corrected chi connectivity index (χ4v) is 3.69. The highest BCUT2D eigenvalue weighted by molar-refractivity contribution is 5.92. The smallest absolute Gasteiger partial charge is 0.277 e. The van der Waals surface area contributed by atoms with Gasteiger partial charge in [-0.25, -0.2) is 15.4 Å². The fraction of sp³-hybridized carbons (Fsp3) is 0.438. The normalized spacial score (nSPS) is 18.7. The molecule has 1 spiro atoms. The number of carbonyl (C=O) groups is 1. The molecule has 2 aromatic heterocycles. The molecule has 0 aromatic carbocycles. The molecule has 2 aliphatic heterocycles. The zero-order valence-corrected chi connectivity index (χ0v) is 14.4. The molecule has 1 amide bonds. The molecule has 0 bridgehead atoms. The Morgan fingerprint density at radius 3 is 2.72 bits per heavy atom. The van der Waals surface area contributed by atoms with Crippen LogP contribution in [-0.4, -0.2) is 52.2 Å². The van der Waals surface area contributed by atoms with Crippen molar-refractivity contribution in [3.05, 3.63) is 42.1 Å². The Hall–Kier alpha value is -2.16. The van der Waals surface area contributed by atoms with Crippen molar-refractivity contribution in [3.63, 3.8) is 0 Å². The molecule has 0 unspecified atom stereocenters. The van der Waals surface area contributed by atoms with Crippen LogP contribution >= 0.6 is 12.4 Å². The molecule has 4 rings (SSSR count). The summed E-state index contributed by atoms with van der Waals surface area (Å²) in [5.74, 6) is 0.0305. The molecule has 0 radical (unpaired) electrons. The molecule has 2 aromatic rings. The standard InChI is InChI=1S/C16H19N5O3.ClH/c22-14(19-23)13-5-17-15(18-6-13)21-3-2-16(11-21)9-20(10-16)7-12-1-4-24-8-12;/h1,4-6,8,23H,2-3,7,9-11H2,(H,19,22);1H. The van der Waals surface area contributed by atoms with E-state index in [1.807, 2.05) is 6.07 Å². The molecule has 9 heteroatoms. The third kappa shape index (κ3) is 3.46. The van der Waals surface area contributed by atoms with E-state index in [4.69, 9.17) is 9.62 Å². The number of amides is 1. The van der Waals surface area contributed by atoms with Gasteiger partial charge in [-0.1, -0.05) is 0 Å². The summed E-state index contributed by atoms with van der Waals surface area (Å²) in [4.78, 5) is 24.4. The lowest BCUT2D eigenvalue weighted by atomic mass is 9.79. The van der Waals surface area contributed by atoms with E-state index in [9.17, 15) is 4.79 Å². The number of anilines is 1. The Morgan fingerprint density at radius 2 is 2.08 bits per heavy atom. The number of hydroxylamine groups is 1. The Balaban J connectivity index is 0.00000182. The predicted molar refractivity (Wildman–Crippen MR) is 91.8 cm³/mol. The molecule has 25 heavy (non-hydrogen) atoms. The summed E-state index contributed by atoms with van der Waals surface area (Å²) in [5.41, 5.74) is 3.34. The highest BCUT2D eigenvalue weighted by Gasteiger charge is 2.47. The quantitative estimate of drug-likeness (QED) is 0.623. The molecule has 4 heterocycles. The van der Waals surface area contributed by atoms with E-state index in [2.05, 4.69) is 19.8 Å². The number of furan rings is 1. The van der Waals surface area contributed by atoms with Gasteiger partial charge in [-0.05, 0) is 12.5 Å². The average molecular weight is 366 g/mol. The van der Waals surface area contributed by atoms with Gasteiger partial charge in [0.25, 0.3) is 5.91 Å². The second kappa shape index (κ2) is 6.99. The van der Waals surface area contributed by atoms with E-state index in [1.54, 1.807) is 18.0 Å². The lowest BCUT2D eigenvalue weighted by molar-refractivity contribution is 0.0115. The van der Waals surface area contributed by atoms with E-state index in [0.29, 0.717) is 11.4 Å². The average Bonchev–Trinajstić information content (AvgIpc) is 3.24. The largest absolute Gasteiger partial charge is 0.472 e. The van der Waals surface area contributed by atoms with Crippen molar-refractivity contribution >= 4 is 24.3 Å². The minimum atomic E-state index is -0.603. The number of aromatic nitrogens is 2. The molecular formula is C16H20ClN5O3. The van der Waals surface area contributed by atoms with Crippen LogP contribution in [0.4, 0.5) is 5.95 Å². The fourth-order valence-electron chi connectivity index (χ4n) is 3.69. The Bertz CT molecular complexity index is 716. The SMILES string of the molecule is Cl.O=C(NO)c1cnc(N2CCC3(CN(Cc4ccoc4)C3)C2)nc1. The summed E-state index contributed by atoms with van der Waals surface area (Å²) < 4.78 is 5.11. The van der Waals surface area contributed by atoms with Gasteiger partial charge in [-0.3, -0.25) is 14.9 Å². The van der Waals surface area contributed by atoms with Crippen molar-refractivity contribution in [2.24, 2.45) is 5.41 Å². The van der Waals surface area contributed by atoms with Gasteiger partial charge in [-0.2, -0.15) is 0 Å². The third-order valence-corrected chi connectivity index (χ3v) is 4.83. The van der Waals surface area contributed by atoms with E-state index in [0.717, 1.165) is 39.1 Å². The van der Waals surface area contributed by atoms with Crippen LogP contribution in [-0.2, 0) is 6.54 Å². The number of nitrogens with zero attached hydrogens (tertiary/aromatic N) is 4. The van der Waals surface area contributed by atoms with Crippen LogP contribution in [0.25, 0.3) is 0 Å². The van der Waals surface area contributed by atoms with E-state index in [-0.39, 0.29) is 18.0 Å². The van der Waals surface area contributed by atoms with Crippen LogP contribution in [0.15, 0.2) is 35.4 Å². The van der Waals surface area contributed by atoms with Crippen molar-refractivity contribution in [3.8, 4) is 0 Å². The van der Waals surface area contributed by atoms with Crippen LogP contribution in [0.1, 0.15) is 22.3 Å². The maximum Gasteiger partial charge on any atom is 0.277 e. The van der Waals surface area contributed by atoms with Crippen molar-refractivity contribution in [1.29, 1.82) is 0 Å². The third-order valence-electron chi connectivity index (χ3n) is 4.83. The molecule has 134 valence electrons. The molecule has 2 saturated heterocycles. The van der Waals surface area contributed by atoms with Gasteiger partial charge < -0.3 is 9.32 Å². The molecule has 2 N–H and O–H groups in total. The van der Waals surface area contributed by atoms with Crippen LogP contribution in [0, 0.1) is 5.41 Å². The molecule has 2 aliphatic rings. The molecular weight excluding hydrogens is 346 g/mol. The van der Waals surface area contributed by atoms with Crippen LogP contribution in [0.3, 0.4) is 0 Å². The first-order valence-corrected chi connectivity index (χ1v) is 7.92. The zero-order chi connectivity index (χ0) is 16.6. The number of likely N-dealkylation sites (tertiary alicyclic amines) is 1. The van der Waals surface area contributed by atoms with Gasteiger partial charge in [-0.15, -0.1) is 12.4 Å². The minimum Gasteiger partial charge on any atom is -0.472 e. The summed E-state index contributed by atoms with van der Waals surface area (Å²) in [5, 5.41) is 8.62. The molecule has 2 fully saturated rings. The second-order valence-electron chi connectivity index (χ2n) is 6.66. The van der Waals surface area contributed by atoms with Crippen LogP contribution in [0.5, 0.6) is 0 Å². The van der Waals surface area contributed by atoms with Gasteiger partial charge in [0.2, 0.25) is 5.95 Å². The number of rotatable bonds is 4. The predicted octanol–water partition coefficient (Wildman–Crippen LogP) is 1.32. The Kier molecular flexibility index (Phi) is 4.94. The topological polar surface area (TPSA) is 94.7 Å². The minimum absolute atomic E-state index is 0. The summed E-state index contributed by atoms with van der Waals surface area (Å²) in [6.45, 7) is 4.92. The van der Waals surface area contributed by atoms with E-state index in [1.165, 1.54) is 18.0 Å². The number of carbonyl (C=O) groups excluding carboxylic acids is 1. The summed E-state index contributed by atoms with van der Waals surface area (Å²) >= 11 is 0. The number of hydrogen-bond acceptors (Lipinski definition) is 7. The summed E-state index contributed by atoms with van der Waals surface area (Å²) in [7, 11) is 0. The Labute approximate surface area is 151 Å². The highest BCUT2D eigenvalue weighted by Crippen LogP contribution is 2.40. The first-order chi connectivity index (χ1) is 11.7. The summed E-state index contributed by atoms with van der Waals surface area (Å²) in [6, 6.07) is 2.00. The van der Waals surface area contributed by atoms with Crippen molar-refractivity contribution in [2.75, 3.05) is 31.1 Å². The molecule has 8 nitrogen and oxygen atoms in total. The lowest BCUT2D eigenvalue weighted by Crippen LogP contribution is -2.56. The van der Waals surface area contributed by atoms with Crippen molar-refractivity contribution in [1.82, 2.24) is 20.3 Å². The molecule has 0 aliphatic carbocycles. The first-order valence-electron chi connectivity index (χ1n) is 7.92. The number of halogens is 1. The maximum atomic E-state index is 11.3. The number of hydrogen-bond donors (Lipinski definition) is 2. The van der Waals surface area contributed by atoms with E-state index >= 15 is 0 Å². The van der Waals surface area contributed by atoms with Gasteiger partial charge in [0.15, 0.2) is 0 Å². The van der Waals surface area contributed by atoms with Crippen LogP contribution in [0.2, 0.25) is 0 Å². The molecule has 0 saturated carbocycles.